The topological polar surface area (TPSA) is 47.9 Å². The number of hydrogen-bond acceptors (Lipinski definition) is 4. The summed E-state index contributed by atoms with van der Waals surface area (Å²) in [4.78, 5) is 2.42. The highest BCUT2D eigenvalue weighted by Gasteiger charge is 2.13. The maximum Gasteiger partial charge on any atom is 0.120 e. The number of nitrogens with zero attached hydrogens (tertiary/aromatic N) is 2. The monoisotopic (exact) mass is 337 g/mol. The Morgan fingerprint density at radius 2 is 1.80 bits per heavy atom. The quantitative estimate of drug-likeness (QED) is 0.623. The summed E-state index contributed by atoms with van der Waals surface area (Å²) in [5, 5.41) is 14.7. The van der Waals surface area contributed by atoms with Crippen molar-refractivity contribution in [3.63, 3.8) is 0 Å². The van der Waals surface area contributed by atoms with Gasteiger partial charge in [0, 0.05) is 12.1 Å². The van der Waals surface area contributed by atoms with Gasteiger partial charge in [-0.25, -0.2) is 0 Å². The predicted molar refractivity (Wildman–Crippen MR) is 104 cm³/mol. The lowest BCUT2D eigenvalue weighted by atomic mass is 10.0. The van der Waals surface area contributed by atoms with E-state index in [1.165, 1.54) is 24.8 Å². The van der Waals surface area contributed by atoms with E-state index in [1.807, 2.05) is 25.1 Å². The minimum absolute atomic E-state index is 0.369. The summed E-state index contributed by atoms with van der Waals surface area (Å²) >= 11 is 0. The Hall–Kier alpha value is -2.33. The lowest BCUT2D eigenvalue weighted by molar-refractivity contribution is 0.218. The molecule has 0 radical (unpaired) electrons. The van der Waals surface area contributed by atoms with Crippen molar-refractivity contribution >= 4 is 11.4 Å². The number of hydrazone groups is 1. The highest BCUT2D eigenvalue weighted by molar-refractivity contribution is 5.99. The number of rotatable bonds is 5. The van der Waals surface area contributed by atoms with Crippen molar-refractivity contribution in [2.24, 2.45) is 5.10 Å². The molecule has 0 aliphatic carbocycles. The first-order chi connectivity index (χ1) is 12.1. The smallest absolute Gasteiger partial charge is 0.120 e. The number of anilines is 1. The van der Waals surface area contributed by atoms with Gasteiger partial charge in [-0.2, -0.15) is 5.10 Å². The summed E-state index contributed by atoms with van der Waals surface area (Å²) in [7, 11) is 0. The lowest BCUT2D eigenvalue weighted by Gasteiger charge is -2.26. The van der Waals surface area contributed by atoms with Crippen LogP contribution in [0, 0.1) is 6.92 Å². The number of phenols is 1. The van der Waals surface area contributed by atoms with Crippen molar-refractivity contribution in [3.8, 4) is 5.75 Å². The van der Waals surface area contributed by atoms with Crippen LogP contribution < -0.4 is 5.43 Å². The lowest BCUT2D eigenvalue weighted by Crippen LogP contribution is -2.29. The first-order valence-electron chi connectivity index (χ1n) is 9.03. The van der Waals surface area contributed by atoms with Gasteiger partial charge in [-0.15, -0.1) is 0 Å². The van der Waals surface area contributed by atoms with Crippen LogP contribution in [0.5, 0.6) is 5.75 Å². The van der Waals surface area contributed by atoms with E-state index in [4.69, 9.17) is 0 Å². The van der Waals surface area contributed by atoms with Gasteiger partial charge in [0.25, 0.3) is 0 Å². The second-order valence-electron chi connectivity index (χ2n) is 6.86. The van der Waals surface area contributed by atoms with E-state index in [-0.39, 0.29) is 0 Å². The molecule has 0 unspecified atom stereocenters. The maximum atomic E-state index is 10.2. The fraction of sp³-hybridized carbons (Fsp3) is 0.381. The Morgan fingerprint density at radius 3 is 2.52 bits per heavy atom. The van der Waals surface area contributed by atoms with Crippen LogP contribution in [0.1, 0.15) is 42.9 Å². The van der Waals surface area contributed by atoms with Crippen molar-refractivity contribution < 1.29 is 5.11 Å². The Bertz CT molecular complexity index is 731. The molecule has 1 saturated heterocycles. The molecule has 1 fully saturated rings. The molecule has 1 heterocycles. The van der Waals surface area contributed by atoms with Crippen molar-refractivity contribution in [1.82, 2.24) is 4.90 Å². The van der Waals surface area contributed by atoms with Gasteiger partial charge in [0.15, 0.2) is 0 Å². The first kappa shape index (κ1) is 17.5. The van der Waals surface area contributed by atoms with Crippen LogP contribution in [-0.2, 0) is 6.54 Å². The third-order valence-electron chi connectivity index (χ3n) is 4.74. The second kappa shape index (κ2) is 8.17. The number of piperidine rings is 1. The fourth-order valence-electron chi connectivity index (χ4n) is 3.14. The van der Waals surface area contributed by atoms with Crippen LogP contribution in [0.3, 0.4) is 0 Å². The average Bonchev–Trinajstić information content (AvgIpc) is 2.64. The maximum absolute atomic E-state index is 10.2. The van der Waals surface area contributed by atoms with E-state index >= 15 is 0 Å². The number of benzene rings is 2. The zero-order valence-electron chi connectivity index (χ0n) is 15.1. The van der Waals surface area contributed by atoms with E-state index in [2.05, 4.69) is 40.5 Å². The molecule has 0 spiro atoms. The number of aromatic hydroxyl groups is 1. The van der Waals surface area contributed by atoms with Crippen LogP contribution >= 0.6 is 0 Å². The molecule has 1 aliphatic rings. The van der Waals surface area contributed by atoms with Crippen LogP contribution in [0.15, 0.2) is 47.6 Å². The third kappa shape index (κ3) is 4.83. The normalized spacial score (nSPS) is 16.0. The molecule has 4 nitrogen and oxygen atoms in total. The van der Waals surface area contributed by atoms with Gasteiger partial charge in [-0.3, -0.25) is 10.3 Å². The predicted octanol–water partition coefficient (Wildman–Crippen LogP) is 4.52. The van der Waals surface area contributed by atoms with Gasteiger partial charge in [0.1, 0.15) is 5.75 Å². The largest absolute Gasteiger partial charge is 0.508 e. The summed E-state index contributed by atoms with van der Waals surface area (Å²) in [6.07, 6.45) is 3.82. The van der Waals surface area contributed by atoms with Crippen molar-refractivity contribution in [2.45, 2.75) is 39.7 Å². The molecule has 0 aromatic heterocycles. The van der Waals surface area contributed by atoms with Gasteiger partial charge in [0.2, 0.25) is 0 Å². The molecule has 25 heavy (non-hydrogen) atoms. The average molecular weight is 337 g/mol. The van der Waals surface area contributed by atoms with Crippen molar-refractivity contribution in [3.05, 3.63) is 59.2 Å². The van der Waals surface area contributed by atoms with E-state index < -0.39 is 0 Å². The van der Waals surface area contributed by atoms with Crippen LogP contribution in [0.4, 0.5) is 5.69 Å². The standard InChI is InChI=1S/C21H27N3O/c1-16-6-9-20(10-7-16)23-22-17(2)18-8-11-21(25)19(14-18)15-24-12-4-3-5-13-24/h6-11,14,23,25H,3-5,12-13,15H2,1-2H3/b22-17+. The molecule has 3 rings (SSSR count). The molecule has 2 N–H and O–H groups in total. The third-order valence-corrected chi connectivity index (χ3v) is 4.74. The Morgan fingerprint density at radius 1 is 1.08 bits per heavy atom. The van der Waals surface area contributed by atoms with Gasteiger partial charge in [-0.05, 0) is 75.7 Å². The molecule has 0 saturated carbocycles. The Balaban J connectivity index is 1.71. The molecule has 4 heteroatoms. The van der Waals surface area contributed by atoms with Crippen LogP contribution in [0.2, 0.25) is 0 Å². The molecule has 0 amide bonds. The zero-order valence-corrected chi connectivity index (χ0v) is 15.1. The molecular formula is C21H27N3O. The van der Waals surface area contributed by atoms with E-state index in [0.717, 1.165) is 42.2 Å². The summed E-state index contributed by atoms with van der Waals surface area (Å²) in [6, 6.07) is 13.9. The molecule has 0 atom stereocenters. The molecule has 0 bridgehead atoms. The number of aryl methyl sites for hydroxylation is 1. The van der Waals surface area contributed by atoms with Crippen LogP contribution in [0.25, 0.3) is 0 Å². The Kier molecular flexibility index (Phi) is 5.71. The van der Waals surface area contributed by atoms with Gasteiger partial charge >= 0.3 is 0 Å². The number of hydrogen-bond donors (Lipinski definition) is 2. The summed E-state index contributed by atoms with van der Waals surface area (Å²) < 4.78 is 0. The summed E-state index contributed by atoms with van der Waals surface area (Å²) in [5.74, 6) is 0.369. The Labute approximate surface area is 150 Å². The van der Waals surface area contributed by atoms with Gasteiger partial charge in [-0.1, -0.05) is 24.1 Å². The molecular weight excluding hydrogens is 310 g/mol. The zero-order chi connectivity index (χ0) is 17.6. The molecule has 1 aliphatic heterocycles. The highest BCUT2D eigenvalue weighted by Crippen LogP contribution is 2.22. The SMILES string of the molecule is C/C(=N\Nc1ccc(C)cc1)c1ccc(O)c(CN2CCCCC2)c1. The van der Waals surface area contributed by atoms with Crippen LogP contribution in [-0.4, -0.2) is 28.8 Å². The van der Waals surface area contributed by atoms with Gasteiger partial charge in [0.05, 0.1) is 11.4 Å². The fourth-order valence-corrected chi connectivity index (χ4v) is 3.14. The van der Waals surface area contributed by atoms with E-state index in [9.17, 15) is 5.11 Å². The minimum atomic E-state index is 0.369. The van der Waals surface area contributed by atoms with Gasteiger partial charge < -0.3 is 5.11 Å². The van der Waals surface area contributed by atoms with E-state index in [0.29, 0.717) is 5.75 Å². The number of likely N-dealkylation sites (tertiary alicyclic amines) is 1. The van der Waals surface area contributed by atoms with Crippen molar-refractivity contribution in [1.29, 1.82) is 0 Å². The summed E-state index contributed by atoms with van der Waals surface area (Å²) in [6.45, 7) is 7.09. The second-order valence-corrected chi connectivity index (χ2v) is 6.86. The minimum Gasteiger partial charge on any atom is -0.508 e. The number of phenolic OH excluding ortho intramolecular Hbond substituents is 1. The first-order valence-corrected chi connectivity index (χ1v) is 9.03. The highest BCUT2D eigenvalue weighted by atomic mass is 16.3. The molecule has 132 valence electrons. The van der Waals surface area contributed by atoms with E-state index in [1.54, 1.807) is 6.07 Å². The molecule has 2 aromatic carbocycles. The summed E-state index contributed by atoms with van der Waals surface area (Å²) in [5.41, 5.74) is 8.21. The number of nitrogens with one attached hydrogen (secondary N) is 1. The molecule has 2 aromatic rings. The van der Waals surface area contributed by atoms with Crippen molar-refractivity contribution in [2.75, 3.05) is 18.5 Å².